The van der Waals surface area contributed by atoms with Crippen LogP contribution in [0.25, 0.3) is 0 Å². The van der Waals surface area contributed by atoms with E-state index in [4.69, 9.17) is 0 Å². The lowest BCUT2D eigenvalue weighted by atomic mass is 10.1. The molecule has 0 aliphatic heterocycles. The molecule has 1 N–H and O–H groups in total. The van der Waals surface area contributed by atoms with E-state index in [0.717, 1.165) is 14.8 Å². The molecule has 0 amide bonds. The summed E-state index contributed by atoms with van der Waals surface area (Å²) in [6.07, 6.45) is 0.438. The third-order valence-electron chi connectivity index (χ3n) is 3.87. The van der Waals surface area contributed by atoms with Crippen molar-refractivity contribution in [2.75, 3.05) is 19.0 Å². The van der Waals surface area contributed by atoms with Crippen LogP contribution in [0.3, 0.4) is 0 Å². The molecule has 128 valence electrons. The van der Waals surface area contributed by atoms with Crippen molar-refractivity contribution in [3.05, 3.63) is 50.7 Å². The summed E-state index contributed by atoms with van der Waals surface area (Å²) in [7, 11) is 6.66. The van der Waals surface area contributed by atoms with Crippen LogP contribution in [0.2, 0.25) is 0 Å². The standard InChI is InChI=1S/C17H22N4O3/c1-6-13(18-11-8-7-9-12(10-11)19(2)3)14-15(22)20(4)17(24)21(5)16(14)23/h7-10,22H,6H2,1-5H3. The maximum atomic E-state index is 12.4. The van der Waals surface area contributed by atoms with Crippen molar-refractivity contribution >= 4 is 17.1 Å². The van der Waals surface area contributed by atoms with Crippen molar-refractivity contribution in [3.63, 3.8) is 0 Å². The second-order valence-electron chi connectivity index (χ2n) is 5.73. The Kier molecular flexibility index (Phi) is 4.92. The van der Waals surface area contributed by atoms with E-state index in [1.165, 1.54) is 14.1 Å². The lowest BCUT2D eigenvalue weighted by Gasteiger charge is -2.14. The highest BCUT2D eigenvalue weighted by molar-refractivity contribution is 6.03. The van der Waals surface area contributed by atoms with Crippen LogP contribution in [-0.2, 0) is 14.1 Å². The van der Waals surface area contributed by atoms with Crippen LogP contribution in [0.15, 0.2) is 38.8 Å². The van der Waals surface area contributed by atoms with Gasteiger partial charge in [-0.25, -0.2) is 4.79 Å². The Morgan fingerprint density at radius 3 is 2.46 bits per heavy atom. The number of anilines is 1. The fourth-order valence-electron chi connectivity index (χ4n) is 2.39. The van der Waals surface area contributed by atoms with Gasteiger partial charge in [0.25, 0.3) is 5.56 Å². The molecule has 0 unspecified atom stereocenters. The molecule has 1 heterocycles. The molecule has 0 atom stereocenters. The number of nitrogens with zero attached hydrogens (tertiary/aromatic N) is 4. The normalized spacial score (nSPS) is 11.6. The Hall–Kier alpha value is -2.83. The molecule has 0 aliphatic carbocycles. The summed E-state index contributed by atoms with van der Waals surface area (Å²) in [6.45, 7) is 1.85. The van der Waals surface area contributed by atoms with E-state index in [1.54, 1.807) is 0 Å². The summed E-state index contributed by atoms with van der Waals surface area (Å²) in [5, 5.41) is 10.3. The van der Waals surface area contributed by atoms with Gasteiger partial charge in [-0.2, -0.15) is 0 Å². The molecular formula is C17H22N4O3. The molecule has 2 rings (SSSR count). The fraction of sp³-hybridized carbons (Fsp3) is 0.353. The first-order chi connectivity index (χ1) is 11.3. The number of aliphatic imine (C=N–C) groups is 1. The predicted octanol–water partition coefficient (Wildman–Crippen LogP) is 1.39. The highest BCUT2D eigenvalue weighted by Crippen LogP contribution is 2.22. The van der Waals surface area contributed by atoms with Crippen LogP contribution in [0.4, 0.5) is 11.4 Å². The lowest BCUT2D eigenvalue weighted by molar-refractivity contribution is 0.410. The van der Waals surface area contributed by atoms with E-state index in [2.05, 4.69) is 4.99 Å². The molecule has 1 aromatic heterocycles. The molecule has 0 saturated carbocycles. The summed E-state index contributed by atoms with van der Waals surface area (Å²) in [5.41, 5.74) is 1.00. The monoisotopic (exact) mass is 330 g/mol. The third kappa shape index (κ3) is 3.10. The van der Waals surface area contributed by atoms with E-state index in [1.807, 2.05) is 50.2 Å². The van der Waals surface area contributed by atoms with Crippen LogP contribution in [-0.4, -0.2) is 34.0 Å². The molecule has 0 radical (unpaired) electrons. The quantitative estimate of drug-likeness (QED) is 0.859. The fourth-order valence-corrected chi connectivity index (χ4v) is 2.39. The number of aromatic hydroxyl groups is 1. The molecule has 0 fully saturated rings. The predicted molar refractivity (Wildman–Crippen MR) is 95.8 cm³/mol. The van der Waals surface area contributed by atoms with E-state index in [-0.39, 0.29) is 11.4 Å². The van der Waals surface area contributed by atoms with Gasteiger partial charge in [0.05, 0.1) is 11.4 Å². The topological polar surface area (TPSA) is 79.8 Å². The molecule has 0 aliphatic rings. The van der Waals surface area contributed by atoms with Gasteiger partial charge in [0.15, 0.2) is 0 Å². The Balaban J connectivity index is 2.68. The number of benzene rings is 1. The van der Waals surface area contributed by atoms with Gasteiger partial charge in [-0.15, -0.1) is 0 Å². The van der Waals surface area contributed by atoms with Crippen LogP contribution < -0.4 is 16.1 Å². The van der Waals surface area contributed by atoms with Crippen molar-refractivity contribution in [2.45, 2.75) is 13.3 Å². The number of hydrogen-bond donors (Lipinski definition) is 1. The number of hydrogen-bond acceptors (Lipinski definition) is 5. The van der Waals surface area contributed by atoms with Gasteiger partial charge in [0.2, 0.25) is 5.88 Å². The minimum atomic E-state index is -0.577. The zero-order valence-electron chi connectivity index (χ0n) is 14.6. The molecule has 7 nitrogen and oxygen atoms in total. The van der Waals surface area contributed by atoms with Gasteiger partial charge in [-0.05, 0) is 24.6 Å². The molecule has 0 bridgehead atoms. The van der Waals surface area contributed by atoms with Crippen LogP contribution in [0.5, 0.6) is 5.88 Å². The van der Waals surface area contributed by atoms with Gasteiger partial charge < -0.3 is 10.0 Å². The second-order valence-corrected chi connectivity index (χ2v) is 5.73. The van der Waals surface area contributed by atoms with Crippen LogP contribution in [0.1, 0.15) is 18.9 Å². The Morgan fingerprint density at radius 1 is 1.21 bits per heavy atom. The second kappa shape index (κ2) is 6.74. The first-order valence-electron chi connectivity index (χ1n) is 7.62. The van der Waals surface area contributed by atoms with Crippen LogP contribution in [0, 0.1) is 0 Å². The average molecular weight is 330 g/mol. The van der Waals surface area contributed by atoms with Crippen LogP contribution >= 0.6 is 0 Å². The van der Waals surface area contributed by atoms with Gasteiger partial charge in [-0.1, -0.05) is 13.0 Å². The highest BCUT2D eigenvalue weighted by Gasteiger charge is 2.19. The van der Waals surface area contributed by atoms with Crippen molar-refractivity contribution in [3.8, 4) is 5.88 Å². The Bertz CT molecular complexity index is 907. The maximum absolute atomic E-state index is 12.4. The largest absolute Gasteiger partial charge is 0.494 e. The van der Waals surface area contributed by atoms with Crippen molar-refractivity contribution in [1.29, 1.82) is 0 Å². The van der Waals surface area contributed by atoms with Crippen molar-refractivity contribution in [2.24, 2.45) is 19.1 Å². The zero-order valence-corrected chi connectivity index (χ0v) is 14.6. The number of rotatable bonds is 4. The van der Waals surface area contributed by atoms with E-state index in [9.17, 15) is 14.7 Å². The van der Waals surface area contributed by atoms with Gasteiger partial charge in [0.1, 0.15) is 5.56 Å². The van der Waals surface area contributed by atoms with Crippen molar-refractivity contribution in [1.82, 2.24) is 9.13 Å². The molecule has 2 aromatic rings. The zero-order chi connectivity index (χ0) is 18.0. The first kappa shape index (κ1) is 17.5. The third-order valence-corrected chi connectivity index (χ3v) is 3.87. The molecule has 1 aromatic carbocycles. The van der Waals surface area contributed by atoms with Gasteiger partial charge >= 0.3 is 5.69 Å². The SMILES string of the molecule is CCC(=Nc1cccc(N(C)C)c1)c1c(O)n(C)c(=O)n(C)c1=O. The summed E-state index contributed by atoms with van der Waals surface area (Å²) >= 11 is 0. The molecule has 0 spiro atoms. The minimum absolute atomic E-state index is 0.0531. The summed E-state index contributed by atoms with van der Waals surface area (Å²) < 4.78 is 2.01. The van der Waals surface area contributed by atoms with Gasteiger partial charge in [0, 0.05) is 33.9 Å². The molecule has 7 heteroatoms. The average Bonchev–Trinajstić information content (AvgIpc) is 2.57. The number of aromatic nitrogens is 2. The van der Waals surface area contributed by atoms with E-state index >= 15 is 0 Å². The lowest BCUT2D eigenvalue weighted by Crippen LogP contribution is -2.40. The molecular weight excluding hydrogens is 308 g/mol. The molecule has 0 saturated heterocycles. The van der Waals surface area contributed by atoms with E-state index in [0.29, 0.717) is 17.8 Å². The minimum Gasteiger partial charge on any atom is -0.494 e. The Morgan fingerprint density at radius 2 is 1.88 bits per heavy atom. The van der Waals surface area contributed by atoms with E-state index < -0.39 is 11.2 Å². The smallest absolute Gasteiger partial charge is 0.333 e. The molecule has 24 heavy (non-hydrogen) atoms. The Labute approximate surface area is 140 Å². The summed E-state index contributed by atoms with van der Waals surface area (Å²) in [5.74, 6) is -0.368. The van der Waals surface area contributed by atoms with Gasteiger partial charge in [-0.3, -0.25) is 18.9 Å². The summed E-state index contributed by atoms with van der Waals surface area (Å²) in [4.78, 5) is 30.8. The van der Waals surface area contributed by atoms with Crippen molar-refractivity contribution < 1.29 is 5.11 Å². The first-order valence-corrected chi connectivity index (χ1v) is 7.62. The highest BCUT2D eigenvalue weighted by atomic mass is 16.3. The maximum Gasteiger partial charge on any atom is 0.333 e. The summed E-state index contributed by atoms with van der Waals surface area (Å²) in [6, 6.07) is 7.54.